The van der Waals surface area contributed by atoms with E-state index in [0.717, 1.165) is 0 Å². The minimum absolute atomic E-state index is 0.283. The van der Waals surface area contributed by atoms with E-state index in [1.165, 1.54) is 24.3 Å². The molecule has 0 spiro atoms. The molecule has 44 valence electrons. The fourth-order valence-corrected chi connectivity index (χ4v) is 0.533. The molecule has 0 atom stereocenters. The summed E-state index contributed by atoms with van der Waals surface area (Å²) in [4.78, 5) is 0. The van der Waals surface area contributed by atoms with Gasteiger partial charge in [0, 0.05) is 0 Å². The van der Waals surface area contributed by atoms with E-state index in [1.54, 1.807) is 0 Å². The molecule has 0 N–H and O–H groups in total. The fourth-order valence-electron chi connectivity index (χ4n) is 0.533. The first kappa shape index (κ1) is 5.84. The second-order valence-corrected chi connectivity index (χ2v) is 1.63. The highest BCUT2D eigenvalue weighted by molar-refractivity contribution is 5.29. The van der Waals surface area contributed by atoms with Crippen LogP contribution in [-0.2, 0) is 0 Å². The van der Waals surface area contributed by atoms with Crippen molar-refractivity contribution in [2.24, 2.45) is 0 Å². The second kappa shape index (κ2) is 2.32. The van der Waals surface area contributed by atoms with Crippen molar-refractivity contribution in [3.05, 3.63) is 42.1 Å². The molecular formula is C8H4F-. The van der Waals surface area contributed by atoms with Crippen LogP contribution in [0.25, 0.3) is 0 Å². The van der Waals surface area contributed by atoms with Gasteiger partial charge in [-0.05, 0) is 12.1 Å². The Morgan fingerprint density at radius 3 is 2.22 bits per heavy atom. The smallest absolute Gasteiger partial charge is 0.120 e. The monoisotopic (exact) mass is 119 g/mol. The third-order valence-corrected chi connectivity index (χ3v) is 0.989. The molecule has 1 aromatic rings. The van der Waals surface area contributed by atoms with Gasteiger partial charge in [0.25, 0.3) is 0 Å². The van der Waals surface area contributed by atoms with E-state index in [0.29, 0.717) is 5.56 Å². The van der Waals surface area contributed by atoms with Crippen LogP contribution in [0.1, 0.15) is 5.56 Å². The predicted octanol–water partition coefficient (Wildman–Crippen LogP) is 1.76. The van der Waals surface area contributed by atoms with Crippen LogP contribution in [0.3, 0.4) is 0 Å². The van der Waals surface area contributed by atoms with Crippen LogP contribution in [0.5, 0.6) is 0 Å². The molecule has 0 heterocycles. The Morgan fingerprint density at radius 2 is 1.78 bits per heavy atom. The summed E-state index contributed by atoms with van der Waals surface area (Å²) in [6, 6.07) is 5.61. The Balaban J connectivity index is 3.06. The molecule has 0 aliphatic rings. The number of halogens is 1. The van der Waals surface area contributed by atoms with E-state index < -0.39 is 0 Å². The van der Waals surface area contributed by atoms with E-state index in [-0.39, 0.29) is 5.82 Å². The van der Waals surface area contributed by atoms with Gasteiger partial charge in [-0.3, -0.25) is 5.92 Å². The maximum absolute atomic E-state index is 12.1. The Morgan fingerprint density at radius 1 is 1.22 bits per heavy atom. The molecule has 1 rings (SSSR count). The molecule has 0 nitrogen and oxygen atoms in total. The van der Waals surface area contributed by atoms with Gasteiger partial charge in [0.05, 0.1) is 0 Å². The van der Waals surface area contributed by atoms with Crippen LogP contribution in [0.2, 0.25) is 0 Å². The Hall–Kier alpha value is -1.29. The molecule has 0 amide bonds. The standard InChI is InChI=1S/C8H4F/c1-2-7-3-5-8(9)6-4-7/h3-6H/q-1. The average Bonchev–Trinajstić information content (AvgIpc) is 1.90. The first-order valence-electron chi connectivity index (χ1n) is 2.51. The molecule has 0 aliphatic carbocycles. The van der Waals surface area contributed by atoms with E-state index in [1.807, 2.05) is 0 Å². The lowest BCUT2D eigenvalue weighted by Crippen LogP contribution is -1.73. The first-order chi connectivity index (χ1) is 4.33. The summed E-state index contributed by atoms with van der Waals surface area (Å²) >= 11 is 0. The van der Waals surface area contributed by atoms with Crippen LogP contribution in [-0.4, -0.2) is 0 Å². The fraction of sp³-hybridized carbons (Fsp3) is 0. The van der Waals surface area contributed by atoms with E-state index in [2.05, 4.69) is 5.92 Å². The van der Waals surface area contributed by atoms with Gasteiger partial charge >= 0.3 is 0 Å². The van der Waals surface area contributed by atoms with E-state index in [4.69, 9.17) is 6.42 Å². The lowest BCUT2D eigenvalue weighted by atomic mass is 10.2. The van der Waals surface area contributed by atoms with Crippen molar-refractivity contribution in [1.82, 2.24) is 0 Å². The van der Waals surface area contributed by atoms with E-state index >= 15 is 0 Å². The van der Waals surface area contributed by atoms with Crippen LogP contribution >= 0.6 is 0 Å². The molecule has 0 radical (unpaired) electrons. The lowest BCUT2D eigenvalue weighted by molar-refractivity contribution is 0.627. The third-order valence-electron chi connectivity index (χ3n) is 0.989. The van der Waals surface area contributed by atoms with Gasteiger partial charge in [0.1, 0.15) is 5.82 Å². The summed E-state index contributed by atoms with van der Waals surface area (Å²) in [6.45, 7) is 0. The second-order valence-electron chi connectivity index (χ2n) is 1.63. The number of benzene rings is 1. The summed E-state index contributed by atoms with van der Waals surface area (Å²) in [7, 11) is 0. The van der Waals surface area contributed by atoms with Crippen molar-refractivity contribution < 1.29 is 4.39 Å². The van der Waals surface area contributed by atoms with Gasteiger partial charge in [-0.25, -0.2) is 4.39 Å². The molecule has 0 unspecified atom stereocenters. The van der Waals surface area contributed by atoms with Crippen molar-refractivity contribution in [3.8, 4) is 5.92 Å². The molecule has 0 saturated heterocycles. The van der Waals surface area contributed by atoms with Crippen LogP contribution in [0, 0.1) is 18.2 Å². The molecule has 0 bridgehead atoms. The van der Waals surface area contributed by atoms with Crippen molar-refractivity contribution in [2.75, 3.05) is 0 Å². The molecule has 9 heavy (non-hydrogen) atoms. The minimum atomic E-state index is -0.283. The highest BCUT2D eigenvalue weighted by Crippen LogP contribution is 1.99. The molecular weight excluding hydrogens is 115 g/mol. The van der Waals surface area contributed by atoms with Crippen LogP contribution < -0.4 is 0 Å². The molecule has 0 fully saturated rings. The van der Waals surface area contributed by atoms with Gasteiger partial charge in [-0.1, -0.05) is 0 Å². The average molecular weight is 119 g/mol. The van der Waals surface area contributed by atoms with Gasteiger partial charge in [0.2, 0.25) is 0 Å². The molecule has 1 heteroatoms. The maximum atomic E-state index is 12.1. The molecule has 0 aliphatic heterocycles. The minimum Gasteiger partial charge on any atom is -0.366 e. The summed E-state index contributed by atoms with van der Waals surface area (Å²) in [5, 5.41) is 0. The summed E-state index contributed by atoms with van der Waals surface area (Å²) in [5.41, 5.74) is 0.594. The zero-order valence-electron chi connectivity index (χ0n) is 4.69. The zero-order chi connectivity index (χ0) is 6.69. The summed E-state index contributed by atoms with van der Waals surface area (Å²) < 4.78 is 12.1. The SMILES string of the molecule is [C-]#Cc1ccc(F)cc1. The van der Waals surface area contributed by atoms with Crippen molar-refractivity contribution in [1.29, 1.82) is 0 Å². The topological polar surface area (TPSA) is 0 Å². The maximum Gasteiger partial charge on any atom is 0.120 e. The lowest BCUT2D eigenvalue weighted by Gasteiger charge is -1.95. The molecule has 0 saturated carbocycles. The molecule has 1 aromatic carbocycles. The Bertz CT molecular complexity index is 228. The van der Waals surface area contributed by atoms with Gasteiger partial charge in [-0.2, -0.15) is 0 Å². The van der Waals surface area contributed by atoms with Crippen LogP contribution in [0.15, 0.2) is 24.3 Å². The summed E-state index contributed by atoms with van der Waals surface area (Å²) in [5.74, 6) is 1.85. The normalized spacial score (nSPS) is 8.44. The molecule has 0 aromatic heterocycles. The highest BCUT2D eigenvalue weighted by Gasteiger charge is 1.79. The van der Waals surface area contributed by atoms with Crippen molar-refractivity contribution in [3.63, 3.8) is 0 Å². The van der Waals surface area contributed by atoms with E-state index in [9.17, 15) is 4.39 Å². The first-order valence-corrected chi connectivity index (χ1v) is 2.51. The quantitative estimate of drug-likeness (QED) is 0.360. The number of rotatable bonds is 0. The Kier molecular flexibility index (Phi) is 1.51. The predicted molar refractivity (Wildman–Crippen MR) is 32.6 cm³/mol. The summed E-state index contributed by atoms with van der Waals surface area (Å²) in [6.07, 6.45) is 6.64. The highest BCUT2D eigenvalue weighted by atomic mass is 19.1. The van der Waals surface area contributed by atoms with Gasteiger partial charge in [-0.15, -0.1) is 17.7 Å². The Labute approximate surface area is 53.3 Å². The number of hydrogen-bond donors (Lipinski definition) is 0. The zero-order valence-corrected chi connectivity index (χ0v) is 4.69. The van der Waals surface area contributed by atoms with Crippen molar-refractivity contribution >= 4 is 0 Å². The van der Waals surface area contributed by atoms with Gasteiger partial charge in [0.15, 0.2) is 0 Å². The number of hydrogen-bond acceptors (Lipinski definition) is 0. The largest absolute Gasteiger partial charge is 0.366 e. The van der Waals surface area contributed by atoms with Crippen LogP contribution in [0.4, 0.5) is 4.39 Å². The van der Waals surface area contributed by atoms with Gasteiger partial charge < -0.3 is 6.42 Å². The third kappa shape index (κ3) is 1.30. The van der Waals surface area contributed by atoms with Crippen molar-refractivity contribution in [2.45, 2.75) is 0 Å².